The number of carbonyl (C=O) groups is 3. The summed E-state index contributed by atoms with van der Waals surface area (Å²) in [5, 5.41) is 3.02. The number of rotatable bonds is 9. The number of piperidine rings is 1. The number of likely N-dealkylation sites (tertiary alicyclic amines) is 1. The van der Waals surface area contributed by atoms with Crippen LogP contribution in [0.3, 0.4) is 0 Å². The van der Waals surface area contributed by atoms with Crippen LogP contribution >= 0.6 is 0 Å². The number of nitrogens with zero attached hydrogens (tertiary/aromatic N) is 1. The van der Waals surface area contributed by atoms with E-state index >= 15 is 0 Å². The molecule has 1 aliphatic heterocycles. The molecule has 1 aliphatic rings. The van der Waals surface area contributed by atoms with Crippen molar-refractivity contribution in [2.45, 2.75) is 45.6 Å². The van der Waals surface area contributed by atoms with Gasteiger partial charge in [0.15, 0.2) is 0 Å². The molecule has 1 heterocycles. The number of hydrogen-bond acceptors (Lipinski definition) is 6. The number of benzene rings is 2. The molecule has 8 heteroatoms. The first-order valence-electron chi connectivity index (χ1n) is 11.7. The monoisotopic (exact) mass is 468 g/mol. The van der Waals surface area contributed by atoms with Crippen LogP contribution in [0.15, 0.2) is 48.5 Å². The lowest BCUT2D eigenvalue weighted by Crippen LogP contribution is -2.46. The maximum atomic E-state index is 12.5. The number of amides is 2. The van der Waals surface area contributed by atoms with Crippen LogP contribution in [0.1, 0.15) is 48.5 Å². The molecule has 2 amide bonds. The van der Waals surface area contributed by atoms with Crippen molar-refractivity contribution >= 4 is 18.0 Å². The zero-order chi connectivity index (χ0) is 24.3. The van der Waals surface area contributed by atoms with Crippen LogP contribution in [-0.2, 0) is 9.53 Å². The van der Waals surface area contributed by atoms with Gasteiger partial charge in [0.1, 0.15) is 11.5 Å². The first-order chi connectivity index (χ1) is 16.4. The summed E-state index contributed by atoms with van der Waals surface area (Å²) in [4.78, 5) is 38.2. The molecule has 0 bridgehead atoms. The van der Waals surface area contributed by atoms with Gasteiger partial charge in [0.2, 0.25) is 5.91 Å². The third kappa shape index (κ3) is 7.79. The Balaban J connectivity index is 1.34. The second kappa shape index (κ2) is 12.6. The number of carbonyl (C=O) groups excluding carboxylic acids is 3. The van der Waals surface area contributed by atoms with E-state index in [1.54, 1.807) is 31.2 Å². The SMILES string of the molecule is CCOC(=O)Oc1ccc(C(=O)NC2CCN(C(=O)CCCOc3ccc(C)cc3)CC2)cc1. The van der Waals surface area contributed by atoms with Crippen LogP contribution in [0.5, 0.6) is 11.5 Å². The van der Waals surface area contributed by atoms with Crippen LogP contribution in [0.4, 0.5) is 4.79 Å². The summed E-state index contributed by atoms with van der Waals surface area (Å²) in [6.45, 7) is 5.69. The molecule has 3 rings (SSSR count). The lowest BCUT2D eigenvalue weighted by Gasteiger charge is -2.32. The average molecular weight is 469 g/mol. The third-order valence-electron chi connectivity index (χ3n) is 5.59. The van der Waals surface area contributed by atoms with Gasteiger partial charge >= 0.3 is 6.16 Å². The molecule has 0 aliphatic carbocycles. The van der Waals surface area contributed by atoms with Crippen LogP contribution in [0.2, 0.25) is 0 Å². The normalized spacial score (nSPS) is 13.8. The van der Waals surface area contributed by atoms with Crippen LogP contribution < -0.4 is 14.8 Å². The van der Waals surface area contributed by atoms with E-state index in [9.17, 15) is 14.4 Å². The van der Waals surface area contributed by atoms with Gasteiger partial charge in [-0.25, -0.2) is 4.79 Å². The molecule has 0 atom stereocenters. The van der Waals surface area contributed by atoms with Crippen molar-refractivity contribution in [1.29, 1.82) is 0 Å². The standard InChI is InChI=1S/C26H32N2O6/c1-3-32-26(31)34-23-12-8-20(9-13-23)25(30)27-21-14-16-28(17-15-21)24(29)5-4-18-33-22-10-6-19(2)7-11-22/h6-13,21H,3-5,14-18H2,1-2H3,(H,27,30). The van der Waals surface area contributed by atoms with Crippen molar-refractivity contribution < 1.29 is 28.6 Å². The van der Waals surface area contributed by atoms with Crippen molar-refractivity contribution in [2.75, 3.05) is 26.3 Å². The van der Waals surface area contributed by atoms with Gasteiger partial charge in [-0.05, 0) is 69.5 Å². The van der Waals surface area contributed by atoms with Gasteiger partial charge in [-0.2, -0.15) is 0 Å². The van der Waals surface area contributed by atoms with Crippen molar-refractivity contribution in [3.05, 3.63) is 59.7 Å². The summed E-state index contributed by atoms with van der Waals surface area (Å²) < 4.78 is 15.4. The predicted octanol–water partition coefficient (Wildman–Crippen LogP) is 4.11. The lowest BCUT2D eigenvalue weighted by atomic mass is 10.0. The summed E-state index contributed by atoms with van der Waals surface area (Å²) in [7, 11) is 0. The summed E-state index contributed by atoms with van der Waals surface area (Å²) >= 11 is 0. The molecular formula is C26H32N2O6. The largest absolute Gasteiger partial charge is 0.513 e. The number of nitrogens with one attached hydrogen (secondary N) is 1. The van der Waals surface area contributed by atoms with E-state index in [0.29, 0.717) is 56.7 Å². The maximum Gasteiger partial charge on any atom is 0.513 e. The van der Waals surface area contributed by atoms with Crippen LogP contribution in [-0.4, -0.2) is 55.2 Å². The minimum atomic E-state index is -0.778. The van der Waals surface area contributed by atoms with Crippen molar-refractivity contribution in [3.63, 3.8) is 0 Å². The van der Waals surface area contributed by atoms with E-state index in [2.05, 4.69) is 5.32 Å². The van der Waals surface area contributed by atoms with E-state index < -0.39 is 6.16 Å². The molecule has 34 heavy (non-hydrogen) atoms. The minimum absolute atomic E-state index is 0.0110. The Morgan fingerprint density at radius 2 is 1.62 bits per heavy atom. The second-order valence-corrected chi connectivity index (χ2v) is 8.20. The molecule has 0 radical (unpaired) electrons. The first kappa shape index (κ1) is 25.1. The van der Waals surface area contributed by atoms with Crippen molar-refractivity contribution in [1.82, 2.24) is 10.2 Å². The number of aryl methyl sites for hydroxylation is 1. The van der Waals surface area contributed by atoms with Gasteiger partial charge in [0.05, 0.1) is 13.2 Å². The second-order valence-electron chi connectivity index (χ2n) is 8.20. The number of ether oxygens (including phenoxy) is 3. The van der Waals surface area contributed by atoms with Gasteiger partial charge in [-0.3, -0.25) is 9.59 Å². The van der Waals surface area contributed by atoms with E-state index in [1.165, 1.54) is 5.56 Å². The molecule has 0 saturated carbocycles. The van der Waals surface area contributed by atoms with Gasteiger partial charge in [0.25, 0.3) is 5.91 Å². The van der Waals surface area contributed by atoms with Gasteiger partial charge in [-0.15, -0.1) is 0 Å². The predicted molar refractivity (Wildman–Crippen MR) is 127 cm³/mol. The Labute approximate surface area is 200 Å². The first-order valence-corrected chi connectivity index (χ1v) is 11.7. The molecule has 2 aromatic rings. The van der Waals surface area contributed by atoms with Crippen LogP contribution in [0.25, 0.3) is 0 Å². The quantitative estimate of drug-likeness (QED) is 0.338. The fourth-order valence-electron chi connectivity index (χ4n) is 3.67. The highest BCUT2D eigenvalue weighted by atomic mass is 16.7. The molecular weight excluding hydrogens is 436 g/mol. The van der Waals surface area contributed by atoms with E-state index in [0.717, 1.165) is 5.75 Å². The van der Waals surface area contributed by atoms with E-state index in [1.807, 2.05) is 36.1 Å². The molecule has 2 aromatic carbocycles. The summed E-state index contributed by atoms with van der Waals surface area (Å²) in [6, 6.07) is 14.2. The van der Waals surface area contributed by atoms with Crippen molar-refractivity contribution in [3.8, 4) is 11.5 Å². The Kier molecular flexibility index (Phi) is 9.31. The highest BCUT2D eigenvalue weighted by molar-refractivity contribution is 5.94. The molecule has 0 aromatic heterocycles. The highest BCUT2D eigenvalue weighted by Gasteiger charge is 2.24. The maximum absolute atomic E-state index is 12.5. The van der Waals surface area contributed by atoms with Crippen LogP contribution in [0, 0.1) is 6.92 Å². The summed E-state index contributed by atoms with van der Waals surface area (Å²) in [5.74, 6) is 1.05. The molecule has 1 fully saturated rings. The van der Waals surface area contributed by atoms with Gasteiger partial charge in [-0.1, -0.05) is 17.7 Å². The minimum Gasteiger partial charge on any atom is -0.494 e. The Hall–Kier alpha value is -3.55. The Bertz CT molecular complexity index is 950. The van der Waals surface area contributed by atoms with Gasteiger partial charge < -0.3 is 24.4 Å². The molecule has 1 N–H and O–H groups in total. The third-order valence-corrected chi connectivity index (χ3v) is 5.59. The fraction of sp³-hybridized carbons (Fsp3) is 0.423. The van der Waals surface area contributed by atoms with Crippen molar-refractivity contribution in [2.24, 2.45) is 0 Å². The summed E-state index contributed by atoms with van der Waals surface area (Å²) in [6.07, 6.45) is 1.75. The number of hydrogen-bond donors (Lipinski definition) is 1. The molecule has 182 valence electrons. The average Bonchev–Trinajstić information content (AvgIpc) is 2.84. The Morgan fingerprint density at radius 3 is 2.26 bits per heavy atom. The zero-order valence-corrected chi connectivity index (χ0v) is 19.7. The smallest absolute Gasteiger partial charge is 0.494 e. The summed E-state index contributed by atoms with van der Waals surface area (Å²) in [5.41, 5.74) is 1.66. The lowest BCUT2D eigenvalue weighted by molar-refractivity contribution is -0.132. The molecule has 0 spiro atoms. The van der Waals surface area contributed by atoms with E-state index in [-0.39, 0.29) is 24.5 Å². The highest BCUT2D eigenvalue weighted by Crippen LogP contribution is 2.16. The fourth-order valence-corrected chi connectivity index (χ4v) is 3.67. The molecule has 1 saturated heterocycles. The molecule has 0 unspecified atom stereocenters. The topological polar surface area (TPSA) is 94.2 Å². The van der Waals surface area contributed by atoms with E-state index in [4.69, 9.17) is 14.2 Å². The zero-order valence-electron chi connectivity index (χ0n) is 19.7. The van der Waals surface area contributed by atoms with Gasteiger partial charge in [0, 0.05) is 31.1 Å². The Morgan fingerprint density at radius 1 is 0.971 bits per heavy atom. The molecule has 8 nitrogen and oxygen atoms in total.